The second kappa shape index (κ2) is 10.6. The van der Waals surface area contributed by atoms with Crippen molar-refractivity contribution in [2.45, 2.75) is 32.4 Å². The van der Waals surface area contributed by atoms with E-state index in [1.165, 1.54) is 11.1 Å². The topological polar surface area (TPSA) is 35.9 Å². The molecule has 1 N–H and O–H groups in total. The zero-order valence-corrected chi connectivity index (χ0v) is 15.0. The maximum absolute atomic E-state index is 10.3. The van der Waals surface area contributed by atoms with E-state index < -0.39 is 0 Å². The van der Waals surface area contributed by atoms with Crippen LogP contribution in [0.4, 0.5) is 0 Å². The Hall–Kier alpha value is -1.20. The van der Waals surface area contributed by atoms with Gasteiger partial charge in [0, 0.05) is 39.3 Å². The normalized spacial score (nSPS) is 17.1. The average Bonchev–Trinajstić information content (AvgIpc) is 2.59. The molecule has 0 aliphatic carbocycles. The van der Waals surface area contributed by atoms with E-state index in [1.54, 1.807) is 0 Å². The molecule has 2 rings (SSSR count). The molecule has 0 amide bonds. The van der Waals surface area contributed by atoms with Crippen molar-refractivity contribution in [3.8, 4) is 0 Å². The Balaban J connectivity index is 1.90. The Labute approximate surface area is 146 Å². The fraction of sp³-hybridized carbons (Fsp3) is 0.600. The number of rotatable bonds is 10. The van der Waals surface area contributed by atoms with Gasteiger partial charge in [0.25, 0.3) is 0 Å². The van der Waals surface area contributed by atoms with Crippen LogP contribution in [0.3, 0.4) is 0 Å². The van der Waals surface area contributed by atoms with Gasteiger partial charge in [0.05, 0.1) is 19.3 Å². The SMILES string of the molecule is C=CCCC(O)CN(CCN1CCOCC1)Cc1cccc(C)c1. The zero-order chi connectivity index (χ0) is 17.2. The van der Waals surface area contributed by atoms with Crippen molar-refractivity contribution in [2.24, 2.45) is 0 Å². The summed E-state index contributed by atoms with van der Waals surface area (Å²) >= 11 is 0. The quantitative estimate of drug-likeness (QED) is 0.668. The number of hydrogen-bond acceptors (Lipinski definition) is 4. The van der Waals surface area contributed by atoms with Gasteiger partial charge in [0.2, 0.25) is 0 Å². The van der Waals surface area contributed by atoms with Gasteiger partial charge >= 0.3 is 0 Å². The summed E-state index contributed by atoms with van der Waals surface area (Å²) in [6, 6.07) is 8.64. The fourth-order valence-electron chi connectivity index (χ4n) is 3.11. The van der Waals surface area contributed by atoms with Crippen LogP contribution in [0.5, 0.6) is 0 Å². The fourth-order valence-corrected chi connectivity index (χ4v) is 3.11. The van der Waals surface area contributed by atoms with Gasteiger partial charge < -0.3 is 9.84 Å². The van der Waals surface area contributed by atoms with Crippen LogP contribution in [-0.4, -0.2) is 66.9 Å². The van der Waals surface area contributed by atoms with Crippen LogP contribution in [0.1, 0.15) is 24.0 Å². The number of aliphatic hydroxyl groups is 1. The molecule has 1 aliphatic heterocycles. The van der Waals surface area contributed by atoms with Crippen molar-refractivity contribution in [3.05, 3.63) is 48.0 Å². The highest BCUT2D eigenvalue weighted by molar-refractivity contribution is 5.22. The molecule has 4 nitrogen and oxygen atoms in total. The number of aryl methyl sites for hydroxylation is 1. The van der Waals surface area contributed by atoms with E-state index in [9.17, 15) is 5.11 Å². The molecule has 24 heavy (non-hydrogen) atoms. The van der Waals surface area contributed by atoms with Crippen molar-refractivity contribution in [2.75, 3.05) is 45.9 Å². The minimum absolute atomic E-state index is 0.294. The molecule has 1 fully saturated rings. The number of allylic oxidation sites excluding steroid dienone is 1. The van der Waals surface area contributed by atoms with Gasteiger partial charge in [-0.05, 0) is 25.3 Å². The van der Waals surface area contributed by atoms with Crippen molar-refractivity contribution < 1.29 is 9.84 Å². The summed E-state index contributed by atoms with van der Waals surface area (Å²) in [5, 5.41) is 10.3. The Bertz CT molecular complexity index is 486. The van der Waals surface area contributed by atoms with Gasteiger partial charge in [-0.25, -0.2) is 0 Å². The summed E-state index contributed by atoms with van der Waals surface area (Å²) in [5.74, 6) is 0. The Morgan fingerprint density at radius 3 is 2.88 bits per heavy atom. The number of hydrogen-bond donors (Lipinski definition) is 1. The molecule has 1 aliphatic rings. The molecular formula is C20H32N2O2. The first kappa shape index (κ1) is 19.1. The van der Waals surface area contributed by atoms with Crippen molar-refractivity contribution >= 4 is 0 Å². The third kappa shape index (κ3) is 7.14. The van der Waals surface area contributed by atoms with E-state index in [-0.39, 0.29) is 6.10 Å². The molecule has 1 unspecified atom stereocenters. The maximum atomic E-state index is 10.3. The minimum Gasteiger partial charge on any atom is -0.392 e. The molecular weight excluding hydrogens is 300 g/mol. The summed E-state index contributed by atoms with van der Waals surface area (Å²) in [5.41, 5.74) is 2.60. The largest absolute Gasteiger partial charge is 0.392 e. The predicted molar refractivity (Wildman–Crippen MR) is 99.2 cm³/mol. The standard InChI is InChI=1S/C20H32N2O2/c1-3-4-8-20(23)17-22(10-9-21-11-13-24-14-12-21)16-19-7-5-6-18(2)15-19/h3,5-7,15,20,23H,1,4,8-14,16-17H2,2H3. The number of morpholine rings is 1. The third-order valence-corrected chi connectivity index (χ3v) is 4.50. The van der Waals surface area contributed by atoms with E-state index in [2.05, 4.69) is 47.6 Å². The van der Waals surface area contributed by atoms with E-state index in [4.69, 9.17) is 4.74 Å². The van der Waals surface area contributed by atoms with Crippen LogP contribution in [0.2, 0.25) is 0 Å². The molecule has 1 atom stereocenters. The van der Waals surface area contributed by atoms with Crippen LogP contribution >= 0.6 is 0 Å². The van der Waals surface area contributed by atoms with E-state index in [1.807, 2.05) is 6.08 Å². The van der Waals surface area contributed by atoms with Crippen molar-refractivity contribution in [1.29, 1.82) is 0 Å². The zero-order valence-electron chi connectivity index (χ0n) is 15.0. The number of benzene rings is 1. The molecule has 0 spiro atoms. The molecule has 0 radical (unpaired) electrons. The van der Waals surface area contributed by atoms with Gasteiger partial charge in [-0.2, -0.15) is 0 Å². The lowest BCUT2D eigenvalue weighted by Gasteiger charge is -2.31. The van der Waals surface area contributed by atoms with Gasteiger partial charge in [0.1, 0.15) is 0 Å². The lowest BCUT2D eigenvalue weighted by Crippen LogP contribution is -2.43. The van der Waals surface area contributed by atoms with Crippen LogP contribution < -0.4 is 0 Å². The van der Waals surface area contributed by atoms with Gasteiger partial charge in [0.15, 0.2) is 0 Å². The Kier molecular flexibility index (Phi) is 8.47. The minimum atomic E-state index is -0.294. The summed E-state index contributed by atoms with van der Waals surface area (Å²) in [7, 11) is 0. The first-order chi connectivity index (χ1) is 11.7. The molecule has 0 saturated carbocycles. The summed E-state index contributed by atoms with van der Waals surface area (Å²) in [6.07, 6.45) is 3.23. The number of nitrogens with zero attached hydrogens (tertiary/aromatic N) is 2. The lowest BCUT2D eigenvalue weighted by atomic mass is 10.1. The molecule has 134 valence electrons. The third-order valence-electron chi connectivity index (χ3n) is 4.50. The van der Waals surface area contributed by atoms with Gasteiger partial charge in [-0.1, -0.05) is 35.9 Å². The highest BCUT2D eigenvalue weighted by Gasteiger charge is 2.15. The van der Waals surface area contributed by atoms with Crippen molar-refractivity contribution in [1.82, 2.24) is 9.80 Å². The van der Waals surface area contributed by atoms with Crippen LogP contribution in [0, 0.1) is 6.92 Å². The Morgan fingerprint density at radius 1 is 1.38 bits per heavy atom. The smallest absolute Gasteiger partial charge is 0.0670 e. The molecule has 1 aromatic rings. The average molecular weight is 332 g/mol. The highest BCUT2D eigenvalue weighted by atomic mass is 16.5. The first-order valence-electron chi connectivity index (χ1n) is 9.04. The Morgan fingerprint density at radius 2 is 2.17 bits per heavy atom. The van der Waals surface area contributed by atoms with E-state index in [0.29, 0.717) is 6.54 Å². The molecule has 1 heterocycles. The molecule has 4 heteroatoms. The maximum Gasteiger partial charge on any atom is 0.0670 e. The summed E-state index contributed by atoms with van der Waals surface area (Å²) in [4.78, 5) is 4.82. The lowest BCUT2D eigenvalue weighted by molar-refractivity contribution is 0.0288. The van der Waals surface area contributed by atoms with Crippen LogP contribution in [0.15, 0.2) is 36.9 Å². The first-order valence-corrected chi connectivity index (χ1v) is 9.04. The highest BCUT2D eigenvalue weighted by Crippen LogP contribution is 2.10. The van der Waals surface area contributed by atoms with Gasteiger partial charge in [-0.15, -0.1) is 6.58 Å². The second-order valence-corrected chi connectivity index (χ2v) is 6.70. The molecule has 1 saturated heterocycles. The van der Waals surface area contributed by atoms with Gasteiger partial charge in [-0.3, -0.25) is 9.80 Å². The van der Waals surface area contributed by atoms with Crippen LogP contribution in [-0.2, 0) is 11.3 Å². The molecule has 0 bridgehead atoms. The monoisotopic (exact) mass is 332 g/mol. The van der Waals surface area contributed by atoms with E-state index >= 15 is 0 Å². The summed E-state index contributed by atoms with van der Waals surface area (Å²) < 4.78 is 5.42. The summed E-state index contributed by atoms with van der Waals surface area (Å²) in [6.45, 7) is 13.2. The second-order valence-electron chi connectivity index (χ2n) is 6.70. The predicted octanol–water partition coefficient (Wildman–Crippen LogP) is 2.46. The van der Waals surface area contributed by atoms with Crippen molar-refractivity contribution in [3.63, 3.8) is 0 Å². The number of aliphatic hydroxyl groups excluding tert-OH is 1. The van der Waals surface area contributed by atoms with Crippen LogP contribution in [0.25, 0.3) is 0 Å². The number of ether oxygens (including phenoxy) is 1. The molecule has 1 aromatic carbocycles. The van der Waals surface area contributed by atoms with E-state index in [0.717, 1.165) is 58.8 Å². The molecule has 0 aromatic heterocycles.